The van der Waals surface area contributed by atoms with Crippen LogP contribution >= 0.6 is 0 Å². The highest BCUT2D eigenvalue weighted by Gasteiger charge is 2.33. The lowest BCUT2D eigenvalue weighted by Crippen LogP contribution is -2.25. The minimum atomic E-state index is -4.86. The van der Waals surface area contributed by atoms with Crippen LogP contribution in [0.3, 0.4) is 0 Å². The maximum Gasteiger partial charge on any atom is 0.573 e. The van der Waals surface area contributed by atoms with Crippen molar-refractivity contribution >= 4 is 0 Å². The maximum absolute atomic E-state index is 14.0. The Hall–Kier alpha value is -1.26. The van der Waals surface area contributed by atoms with Gasteiger partial charge < -0.3 is 4.74 Å². The monoisotopic (exact) mass is 386 g/mol. The van der Waals surface area contributed by atoms with Crippen molar-refractivity contribution in [3.8, 4) is 5.75 Å². The molecule has 2 aliphatic carbocycles. The predicted molar refractivity (Wildman–Crippen MR) is 98.1 cm³/mol. The Balaban J connectivity index is 1.51. The summed E-state index contributed by atoms with van der Waals surface area (Å²) >= 11 is 0. The highest BCUT2D eigenvalue weighted by atomic mass is 19.4. The molecule has 3 rings (SSSR count). The fourth-order valence-electron chi connectivity index (χ4n) is 5.26. The highest BCUT2D eigenvalue weighted by molar-refractivity contribution is 5.31. The maximum atomic E-state index is 14.0. The van der Waals surface area contributed by atoms with Crippen LogP contribution < -0.4 is 4.74 Å². The average Bonchev–Trinajstić information content (AvgIpc) is 2.63. The molecule has 1 aromatic carbocycles. The molecule has 0 aromatic heterocycles. The minimum Gasteiger partial charge on any atom is -0.403 e. The Kier molecular flexibility index (Phi) is 6.69. The number of ether oxygens (including phenoxy) is 1. The van der Waals surface area contributed by atoms with Crippen molar-refractivity contribution in [2.45, 2.75) is 83.4 Å². The van der Waals surface area contributed by atoms with E-state index in [1.165, 1.54) is 44.6 Å². The Bertz CT molecular complexity index is 597. The number of alkyl halides is 3. The molecule has 2 aliphatic rings. The molecule has 0 bridgehead atoms. The van der Waals surface area contributed by atoms with Crippen LogP contribution in [0.2, 0.25) is 0 Å². The third kappa shape index (κ3) is 5.61. The summed E-state index contributed by atoms with van der Waals surface area (Å²) in [6.45, 7) is 2.26. The van der Waals surface area contributed by atoms with Gasteiger partial charge in [0.15, 0.2) is 11.6 Å². The molecule has 0 saturated heterocycles. The first-order chi connectivity index (χ1) is 12.9. The zero-order valence-electron chi connectivity index (χ0n) is 16.0. The zero-order valence-corrected chi connectivity index (χ0v) is 16.0. The lowest BCUT2D eigenvalue weighted by atomic mass is 9.68. The number of hydrogen-bond donors (Lipinski definition) is 0. The van der Waals surface area contributed by atoms with Crippen molar-refractivity contribution in [3.63, 3.8) is 0 Å². The van der Waals surface area contributed by atoms with Crippen molar-refractivity contribution in [2.24, 2.45) is 17.8 Å². The summed E-state index contributed by atoms with van der Waals surface area (Å²) in [5, 5.41) is 0. The van der Waals surface area contributed by atoms with Crippen molar-refractivity contribution in [1.82, 2.24) is 0 Å². The van der Waals surface area contributed by atoms with Crippen molar-refractivity contribution in [3.05, 3.63) is 29.6 Å². The van der Waals surface area contributed by atoms with Gasteiger partial charge in [0.25, 0.3) is 0 Å². The first kappa shape index (κ1) is 20.5. The van der Waals surface area contributed by atoms with Gasteiger partial charge in [-0.25, -0.2) is 4.39 Å². The Morgan fingerprint density at radius 3 is 2.04 bits per heavy atom. The third-order valence-electron chi connectivity index (χ3n) is 6.68. The summed E-state index contributed by atoms with van der Waals surface area (Å²) in [7, 11) is 0. The van der Waals surface area contributed by atoms with Crippen LogP contribution in [-0.2, 0) is 0 Å². The van der Waals surface area contributed by atoms with E-state index in [-0.39, 0.29) is 5.92 Å². The summed E-state index contributed by atoms with van der Waals surface area (Å²) in [5.41, 5.74) is 0.798. The van der Waals surface area contributed by atoms with Gasteiger partial charge in [-0.05, 0) is 79.9 Å². The van der Waals surface area contributed by atoms with Gasteiger partial charge in [0.1, 0.15) is 0 Å². The second-order valence-corrected chi connectivity index (χ2v) is 8.42. The molecule has 1 nitrogen and oxygen atoms in total. The van der Waals surface area contributed by atoms with E-state index in [0.717, 1.165) is 55.1 Å². The van der Waals surface area contributed by atoms with Crippen molar-refractivity contribution in [1.29, 1.82) is 0 Å². The molecule has 2 saturated carbocycles. The smallest absolute Gasteiger partial charge is 0.403 e. The van der Waals surface area contributed by atoms with Crippen LogP contribution in [0.25, 0.3) is 0 Å². The van der Waals surface area contributed by atoms with E-state index < -0.39 is 17.9 Å². The molecule has 2 fully saturated rings. The fraction of sp³-hybridized carbons (Fsp3) is 0.727. The van der Waals surface area contributed by atoms with Gasteiger partial charge in [0.2, 0.25) is 0 Å². The van der Waals surface area contributed by atoms with Gasteiger partial charge in [-0.2, -0.15) is 0 Å². The molecular weight excluding hydrogens is 356 g/mol. The van der Waals surface area contributed by atoms with E-state index in [0.29, 0.717) is 0 Å². The molecule has 1 aromatic rings. The largest absolute Gasteiger partial charge is 0.573 e. The van der Waals surface area contributed by atoms with Gasteiger partial charge in [0, 0.05) is 0 Å². The molecule has 0 aliphatic heterocycles. The van der Waals surface area contributed by atoms with Crippen LogP contribution in [0.5, 0.6) is 5.75 Å². The Labute approximate surface area is 159 Å². The van der Waals surface area contributed by atoms with Gasteiger partial charge in [0.05, 0.1) is 0 Å². The molecule has 0 radical (unpaired) electrons. The number of hydrogen-bond acceptors (Lipinski definition) is 1. The predicted octanol–water partition coefficient (Wildman–Crippen LogP) is 7.60. The first-order valence-corrected chi connectivity index (χ1v) is 10.4. The van der Waals surface area contributed by atoms with Crippen LogP contribution in [-0.4, -0.2) is 6.36 Å². The highest BCUT2D eigenvalue weighted by Crippen LogP contribution is 2.44. The molecular formula is C22H30F4O. The summed E-state index contributed by atoms with van der Waals surface area (Å²) in [6.07, 6.45) is 7.49. The molecule has 0 atom stereocenters. The Morgan fingerprint density at radius 1 is 0.926 bits per heavy atom. The van der Waals surface area contributed by atoms with Crippen LogP contribution in [0.15, 0.2) is 18.2 Å². The summed E-state index contributed by atoms with van der Waals surface area (Å²) in [6, 6.07) is 3.92. The molecule has 0 spiro atoms. The first-order valence-electron chi connectivity index (χ1n) is 10.4. The average molecular weight is 386 g/mol. The molecule has 0 N–H and O–H groups in total. The number of halogens is 4. The second-order valence-electron chi connectivity index (χ2n) is 8.42. The normalized spacial score (nSPS) is 29.5. The second kappa shape index (κ2) is 8.83. The van der Waals surface area contributed by atoms with Gasteiger partial charge in [-0.15, -0.1) is 13.2 Å². The van der Waals surface area contributed by atoms with Crippen molar-refractivity contribution < 1.29 is 22.3 Å². The molecule has 0 amide bonds. The standard InChI is InChI=1S/C22H30F4O/c1-2-3-15-4-6-16(7-5-15)17-8-10-18(11-9-17)19-12-13-21(20(23)14-19)27-22(24,25)26/h12-18H,2-11H2,1H3. The molecule has 152 valence electrons. The minimum absolute atomic E-state index is 0.243. The summed E-state index contributed by atoms with van der Waals surface area (Å²) < 4.78 is 54.5. The van der Waals surface area contributed by atoms with Crippen molar-refractivity contribution in [2.75, 3.05) is 0 Å². The zero-order chi connectivity index (χ0) is 19.4. The fourth-order valence-corrected chi connectivity index (χ4v) is 5.26. The quantitative estimate of drug-likeness (QED) is 0.473. The van der Waals surface area contributed by atoms with Gasteiger partial charge in [-0.3, -0.25) is 0 Å². The number of benzene rings is 1. The van der Waals surface area contributed by atoms with E-state index >= 15 is 0 Å². The molecule has 5 heteroatoms. The SMILES string of the molecule is CCCC1CCC(C2CCC(c3ccc(OC(F)(F)F)c(F)c3)CC2)CC1. The molecule has 0 heterocycles. The van der Waals surface area contributed by atoms with Crippen LogP contribution in [0.4, 0.5) is 17.6 Å². The van der Waals surface area contributed by atoms with Gasteiger partial charge >= 0.3 is 6.36 Å². The summed E-state index contributed by atoms with van der Waals surface area (Å²) in [5.74, 6) is 1.08. The molecule has 27 heavy (non-hydrogen) atoms. The lowest BCUT2D eigenvalue weighted by Gasteiger charge is -2.38. The topological polar surface area (TPSA) is 9.23 Å². The van der Waals surface area contributed by atoms with E-state index in [9.17, 15) is 17.6 Å². The van der Waals surface area contributed by atoms with E-state index in [4.69, 9.17) is 0 Å². The van der Waals surface area contributed by atoms with E-state index in [1.807, 2.05) is 0 Å². The van der Waals surface area contributed by atoms with Crippen LogP contribution in [0.1, 0.15) is 82.6 Å². The molecule has 0 unspecified atom stereocenters. The lowest BCUT2D eigenvalue weighted by molar-refractivity contribution is -0.275. The third-order valence-corrected chi connectivity index (χ3v) is 6.68. The Morgan fingerprint density at radius 2 is 1.52 bits per heavy atom. The van der Waals surface area contributed by atoms with E-state index in [2.05, 4.69) is 11.7 Å². The summed E-state index contributed by atoms with van der Waals surface area (Å²) in [4.78, 5) is 0. The van der Waals surface area contributed by atoms with Gasteiger partial charge in [-0.1, -0.05) is 38.7 Å². The van der Waals surface area contributed by atoms with Crippen LogP contribution in [0, 0.1) is 23.6 Å². The van der Waals surface area contributed by atoms with E-state index in [1.54, 1.807) is 6.07 Å². The number of rotatable bonds is 5.